The highest BCUT2D eigenvalue weighted by molar-refractivity contribution is 9.09. The first-order valence-electron chi connectivity index (χ1n) is 2.95. The van der Waals surface area contributed by atoms with Crippen molar-refractivity contribution in [2.75, 3.05) is 18.9 Å². The van der Waals surface area contributed by atoms with Crippen LogP contribution in [-0.4, -0.2) is 23.8 Å². The number of nitrogens with zero attached hydrogens (tertiary/aromatic N) is 1. The number of halogens is 1. The molecule has 0 aromatic heterocycles. The lowest BCUT2D eigenvalue weighted by molar-refractivity contribution is 0.492. The molecule has 0 bridgehead atoms. The first-order valence-corrected chi connectivity index (χ1v) is 4.07. The first-order chi connectivity index (χ1) is 4.33. The molecule has 2 heteroatoms. The van der Waals surface area contributed by atoms with Crippen LogP contribution >= 0.6 is 15.9 Å². The van der Waals surface area contributed by atoms with Gasteiger partial charge in [-0.15, -0.1) is 0 Å². The van der Waals surface area contributed by atoms with E-state index in [9.17, 15) is 0 Å². The highest BCUT2D eigenvalue weighted by atomic mass is 79.9. The summed E-state index contributed by atoms with van der Waals surface area (Å²) in [5.74, 6) is 0. The molecule has 0 aromatic rings. The summed E-state index contributed by atoms with van der Waals surface area (Å²) in [5.41, 5.74) is 1.43. The quantitative estimate of drug-likeness (QED) is 0.567. The zero-order chi connectivity index (χ0) is 6.69. The summed E-state index contributed by atoms with van der Waals surface area (Å²) in [5, 5.41) is 0.988. The van der Waals surface area contributed by atoms with E-state index in [0.717, 1.165) is 11.9 Å². The van der Waals surface area contributed by atoms with E-state index in [-0.39, 0.29) is 0 Å². The van der Waals surface area contributed by atoms with Gasteiger partial charge < -0.3 is 4.90 Å². The molecule has 9 heavy (non-hydrogen) atoms. The Kier molecular flexibility index (Phi) is 2.34. The standard InChI is InChI=1S/C7H10BrN/c1-9-4-2-3-7(5-8)6-9/h2-4H,5-6H2,1H3. The lowest BCUT2D eigenvalue weighted by atomic mass is 10.2. The summed E-state index contributed by atoms with van der Waals surface area (Å²) in [6.07, 6.45) is 6.29. The van der Waals surface area contributed by atoms with Crippen molar-refractivity contribution in [3.05, 3.63) is 23.9 Å². The van der Waals surface area contributed by atoms with Crippen LogP contribution in [0.15, 0.2) is 23.9 Å². The van der Waals surface area contributed by atoms with Crippen LogP contribution < -0.4 is 0 Å². The Hall–Kier alpha value is -0.240. The van der Waals surface area contributed by atoms with E-state index < -0.39 is 0 Å². The zero-order valence-corrected chi connectivity index (χ0v) is 7.06. The van der Waals surface area contributed by atoms with Gasteiger partial charge in [0.25, 0.3) is 0 Å². The highest BCUT2D eigenvalue weighted by Gasteiger charge is 1.99. The molecule has 1 heterocycles. The predicted molar refractivity (Wildman–Crippen MR) is 43.6 cm³/mol. The summed E-state index contributed by atoms with van der Waals surface area (Å²) in [7, 11) is 2.08. The molecule has 1 rings (SSSR count). The molecule has 0 unspecified atom stereocenters. The van der Waals surface area contributed by atoms with E-state index >= 15 is 0 Å². The van der Waals surface area contributed by atoms with Crippen molar-refractivity contribution in [2.24, 2.45) is 0 Å². The molecule has 0 aromatic carbocycles. The van der Waals surface area contributed by atoms with Crippen LogP contribution in [0.1, 0.15) is 0 Å². The van der Waals surface area contributed by atoms with E-state index in [1.807, 2.05) is 0 Å². The lowest BCUT2D eigenvalue weighted by Gasteiger charge is -2.17. The molecule has 0 aliphatic carbocycles. The third-order valence-corrected chi connectivity index (χ3v) is 2.02. The Balaban J connectivity index is 2.55. The normalized spacial score (nSPS) is 18.0. The fourth-order valence-electron chi connectivity index (χ4n) is 0.839. The second kappa shape index (κ2) is 3.06. The van der Waals surface area contributed by atoms with Crippen molar-refractivity contribution in [2.45, 2.75) is 0 Å². The molecule has 0 saturated carbocycles. The monoisotopic (exact) mass is 187 g/mol. The van der Waals surface area contributed by atoms with Crippen molar-refractivity contribution < 1.29 is 0 Å². The molecule has 0 N–H and O–H groups in total. The van der Waals surface area contributed by atoms with Gasteiger partial charge in [-0.05, 0) is 17.8 Å². The van der Waals surface area contributed by atoms with Gasteiger partial charge in [-0.2, -0.15) is 0 Å². The first kappa shape index (κ1) is 6.87. The van der Waals surface area contributed by atoms with Gasteiger partial charge in [-0.25, -0.2) is 0 Å². The van der Waals surface area contributed by atoms with Gasteiger partial charge in [0, 0.05) is 18.9 Å². The molecule has 0 atom stereocenters. The molecule has 1 aliphatic heterocycles. The number of hydrogen-bond donors (Lipinski definition) is 0. The number of hydrogen-bond acceptors (Lipinski definition) is 1. The largest absolute Gasteiger partial charge is 0.376 e. The summed E-state index contributed by atoms with van der Waals surface area (Å²) in [6, 6.07) is 0. The van der Waals surface area contributed by atoms with E-state index in [1.165, 1.54) is 5.57 Å². The third kappa shape index (κ3) is 1.86. The Morgan fingerprint density at radius 3 is 3.00 bits per heavy atom. The van der Waals surface area contributed by atoms with E-state index in [1.54, 1.807) is 0 Å². The van der Waals surface area contributed by atoms with Gasteiger partial charge in [0.2, 0.25) is 0 Å². The van der Waals surface area contributed by atoms with Gasteiger partial charge in [0.1, 0.15) is 0 Å². The minimum atomic E-state index is 0.988. The molecule has 1 aliphatic rings. The second-order valence-electron chi connectivity index (χ2n) is 2.22. The van der Waals surface area contributed by atoms with Gasteiger partial charge in [0.15, 0.2) is 0 Å². The lowest BCUT2D eigenvalue weighted by Crippen LogP contribution is -2.17. The Morgan fingerprint density at radius 2 is 2.56 bits per heavy atom. The molecule has 0 saturated heterocycles. The molecular formula is C7H10BrN. The van der Waals surface area contributed by atoms with Crippen molar-refractivity contribution in [1.82, 2.24) is 4.90 Å². The fourth-order valence-corrected chi connectivity index (χ4v) is 1.20. The van der Waals surface area contributed by atoms with Crippen LogP contribution in [0.5, 0.6) is 0 Å². The SMILES string of the molecule is CN1C=CC=C(CBr)C1. The Morgan fingerprint density at radius 1 is 1.78 bits per heavy atom. The van der Waals surface area contributed by atoms with Crippen LogP contribution in [0.4, 0.5) is 0 Å². The Labute approximate surface area is 64.2 Å². The van der Waals surface area contributed by atoms with E-state index in [2.05, 4.69) is 46.2 Å². The van der Waals surface area contributed by atoms with E-state index in [0.29, 0.717) is 0 Å². The molecule has 0 radical (unpaired) electrons. The fraction of sp³-hybridized carbons (Fsp3) is 0.429. The van der Waals surface area contributed by atoms with Crippen molar-refractivity contribution >= 4 is 15.9 Å². The molecular weight excluding hydrogens is 178 g/mol. The second-order valence-corrected chi connectivity index (χ2v) is 2.78. The maximum atomic E-state index is 3.41. The number of likely N-dealkylation sites (N-methyl/N-ethyl adjacent to an activating group) is 1. The average Bonchev–Trinajstić information content (AvgIpc) is 1.88. The van der Waals surface area contributed by atoms with Crippen molar-refractivity contribution in [3.8, 4) is 0 Å². The summed E-state index contributed by atoms with van der Waals surface area (Å²) in [4.78, 5) is 2.16. The Bertz CT molecular complexity index is 149. The van der Waals surface area contributed by atoms with Crippen LogP contribution in [0.25, 0.3) is 0 Å². The molecule has 0 fully saturated rings. The third-order valence-electron chi connectivity index (χ3n) is 1.30. The molecule has 0 spiro atoms. The topological polar surface area (TPSA) is 3.24 Å². The van der Waals surface area contributed by atoms with Crippen LogP contribution in [0.2, 0.25) is 0 Å². The average molecular weight is 188 g/mol. The summed E-state index contributed by atoms with van der Waals surface area (Å²) < 4.78 is 0. The summed E-state index contributed by atoms with van der Waals surface area (Å²) >= 11 is 3.41. The number of allylic oxidation sites excluding steroid dienone is 2. The van der Waals surface area contributed by atoms with Crippen LogP contribution in [-0.2, 0) is 0 Å². The minimum Gasteiger partial charge on any atom is -0.376 e. The highest BCUT2D eigenvalue weighted by Crippen LogP contribution is 2.06. The van der Waals surface area contributed by atoms with Crippen molar-refractivity contribution in [1.29, 1.82) is 0 Å². The van der Waals surface area contributed by atoms with Crippen LogP contribution in [0, 0.1) is 0 Å². The maximum absolute atomic E-state index is 3.41. The maximum Gasteiger partial charge on any atom is 0.0391 e. The predicted octanol–water partition coefficient (Wildman–Crippen LogP) is 1.77. The van der Waals surface area contributed by atoms with E-state index in [4.69, 9.17) is 0 Å². The van der Waals surface area contributed by atoms with Gasteiger partial charge in [0.05, 0.1) is 0 Å². The summed E-state index contributed by atoms with van der Waals surface area (Å²) in [6.45, 7) is 1.06. The smallest absolute Gasteiger partial charge is 0.0391 e. The van der Waals surface area contributed by atoms with Gasteiger partial charge in [-0.3, -0.25) is 0 Å². The number of alkyl halides is 1. The zero-order valence-electron chi connectivity index (χ0n) is 5.47. The van der Waals surface area contributed by atoms with Gasteiger partial charge >= 0.3 is 0 Å². The molecule has 50 valence electrons. The molecule has 1 nitrogen and oxygen atoms in total. The minimum absolute atomic E-state index is 0.988. The number of rotatable bonds is 1. The van der Waals surface area contributed by atoms with Crippen LogP contribution in [0.3, 0.4) is 0 Å². The molecule has 0 amide bonds. The van der Waals surface area contributed by atoms with Crippen molar-refractivity contribution in [3.63, 3.8) is 0 Å². The van der Waals surface area contributed by atoms with Gasteiger partial charge in [-0.1, -0.05) is 22.0 Å².